The van der Waals surface area contributed by atoms with Gasteiger partial charge in [0, 0.05) is 6.54 Å². The van der Waals surface area contributed by atoms with Gasteiger partial charge in [-0.05, 0) is 26.2 Å². The van der Waals surface area contributed by atoms with E-state index in [2.05, 4.69) is 11.9 Å². The molecule has 0 saturated carbocycles. The number of carbonyl (C=O) groups is 1. The van der Waals surface area contributed by atoms with Crippen molar-refractivity contribution in [3.8, 4) is 0 Å². The molecule has 100 valence electrons. The van der Waals surface area contributed by atoms with Crippen LogP contribution in [0.15, 0.2) is 12.7 Å². The van der Waals surface area contributed by atoms with Crippen LogP contribution in [0.4, 0.5) is 0 Å². The average molecular weight is 242 g/mol. The Labute approximate surface area is 105 Å². The van der Waals surface area contributed by atoms with Crippen molar-refractivity contribution in [1.82, 2.24) is 5.32 Å². The topological polar surface area (TPSA) is 64.3 Å². The smallest absolute Gasteiger partial charge is 0.249 e. The van der Waals surface area contributed by atoms with Crippen LogP contribution >= 0.6 is 0 Å². The second-order valence-electron chi connectivity index (χ2n) is 4.27. The summed E-state index contributed by atoms with van der Waals surface area (Å²) in [6, 6.07) is 0. The van der Waals surface area contributed by atoms with Crippen molar-refractivity contribution in [2.75, 3.05) is 13.2 Å². The Bertz CT molecular complexity index is 229. The van der Waals surface area contributed by atoms with Crippen LogP contribution < -0.4 is 11.1 Å². The van der Waals surface area contributed by atoms with Crippen LogP contribution in [0.1, 0.15) is 40.0 Å². The third-order valence-electron chi connectivity index (χ3n) is 3.19. The summed E-state index contributed by atoms with van der Waals surface area (Å²) in [7, 11) is 0. The number of nitrogens with two attached hydrogens (primary N) is 1. The number of rotatable bonds is 9. The zero-order valence-electron chi connectivity index (χ0n) is 11.3. The van der Waals surface area contributed by atoms with Crippen LogP contribution in [0.3, 0.4) is 0 Å². The first-order valence-corrected chi connectivity index (χ1v) is 6.29. The highest BCUT2D eigenvalue weighted by Crippen LogP contribution is 2.13. The minimum Gasteiger partial charge on any atom is -0.368 e. The summed E-state index contributed by atoms with van der Waals surface area (Å²) < 4.78 is 5.40. The van der Waals surface area contributed by atoms with E-state index in [-0.39, 0.29) is 11.4 Å². The predicted octanol–water partition coefficient (Wildman–Crippen LogP) is 1.60. The van der Waals surface area contributed by atoms with E-state index in [1.54, 1.807) is 13.0 Å². The van der Waals surface area contributed by atoms with Gasteiger partial charge in [-0.1, -0.05) is 19.9 Å². The molecule has 0 bridgehead atoms. The molecule has 3 N–H and O–H groups in total. The molecule has 0 radical (unpaired) electrons. The van der Waals surface area contributed by atoms with E-state index in [0.717, 1.165) is 19.3 Å². The minimum absolute atomic E-state index is 0.0942. The number of ether oxygens (including phenoxy) is 1. The summed E-state index contributed by atoms with van der Waals surface area (Å²) in [4.78, 5) is 11.9. The van der Waals surface area contributed by atoms with E-state index >= 15 is 0 Å². The van der Waals surface area contributed by atoms with Gasteiger partial charge in [0.05, 0.1) is 12.1 Å². The zero-order chi connectivity index (χ0) is 13.3. The number of hydrogen-bond donors (Lipinski definition) is 2. The highest BCUT2D eigenvalue weighted by molar-refractivity contribution is 5.81. The molecule has 0 spiro atoms. The lowest BCUT2D eigenvalue weighted by molar-refractivity contribution is -0.133. The molecule has 0 heterocycles. The summed E-state index contributed by atoms with van der Waals surface area (Å²) in [6.45, 7) is 10.4. The van der Waals surface area contributed by atoms with E-state index in [4.69, 9.17) is 10.5 Å². The Morgan fingerprint density at radius 1 is 1.53 bits per heavy atom. The monoisotopic (exact) mass is 242 g/mol. The quantitative estimate of drug-likeness (QED) is 0.477. The SMILES string of the molecule is C=CCCOC(C)C(=O)NC(CC)(CC)CN. The molecule has 4 nitrogen and oxygen atoms in total. The van der Waals surface area contributed by atoms with Crippen molar-refractivity contribution < 1.29 is 9.53 Å². The van der Waals surface area contributed by atoms with Gasteiger partial charge in [-0.2, -0.15) is 0 Å². The maximum absolute atomic E-state index is 11.9. The Morgan fingerprint density at radius 3 is 2.53 bits per heavy atom. The molecule has 0 aliphatic rings. The Hall–Kier alpha value is -0.870. The highest BCUT2D eigenvalue weighted by atomic mass is 16.5. The molecule has 1 unspecified atom stereocenters. The van der Waals surface area contributed by atoms with E-state index < -0.39 is 6.10 Å². The van der Waals surface area contributed by atoms with Crippen LogP contribution in [0.25, 0.3) is 0 Å². The molecule has 0 aliphatic heterocycles. The molecule has 17 heavy (non-hydrogen) atoms. The molecule has 0 aliphatic carbocycles. The molecule has 1 atom stereocenters. The highest BCUT2D eigenvalue weighted by Gasteiger charge is 2.28. The normalized spacial score (nSPS) is 13.2. The number of hydrogen-bond acceptors (Lipinski definition) is 3. The first-order valence-electron chi connectivity index (χ1n) is 6.29. The summed E-state index contributed by atoms with van der Waals surface area (Å²) in [5.74, 6) is -0.0942. The molecule has 0 aromatic heterocycles. The minimum atomic E-state index is -0.445. The fraction of sp³-hybridized carbons (Fsp3) is 0.769. The fourth-order valence-corrected chi connectivity index (χ4v) is 1.53. The van der Waals surface area contributed by atoms with Crippen molar-refractivity contribution in [2.45, 2.75) is 51.7 Å². The first-order chi connectivity index (χ1) is 8.05. The number of nitrogens with one attached hydrogen (secondary N) is 1. The van der Waals surface area contributed by atoms with Crippen molar-refractivity contribution in [3.05, 3.63) is 12.7 Å². The second kappa shape index (κ2) is 8.25. The first kappa shape index (κ1) is 16.1. The van der Waals surface area contributed by atoms with Gasteiger partial charge >= 0.3 is 0 Å². The maximum atomic E-state index is 11.9. The molecule has 0 aromatic rings. The molecule has 0 rings (SSSR count). The standard InChI is InChI=1S/C13H26N2O2/c1-5-8-9-17-11(4)12(16)15-13(6-2,7-3)10-14/h5,11H,1,6-10,14H2,2-4H3,(H,15,16). The van der Waals surface area contributed by atoms with Gasteiger partial charge in [-0.25, -0.2) is 0 Å². The lowest BCUT2D eigenvalue weighted by Gasteiger charge is -2.32. The summed E-state index contributed by atoms with van der Waals surface area (Å²) in [6.07, 6.45) is 3.73. The second-order valence-corrected chi connectivity index (χ2v) is 4.27. The molecule has 0 fully saturated rings. The molecule has 1 amide bonds. The van der Waals surface area contributed by atoms with E-state index in [0.29, 0.717) is 13.2 Å². The van der Waals surface area contributed by atoms with Crippen LogP contribution in [0.2, 0.25) is 0 Å². The average Bonchev–Trinajstić information content (AvgIpc) is 2.36. The van der Waals surface area contributed by atoms with Gasteiger partial charge in [-0.3, -0.25) is 4.79 Å². The van der Waals surface area contributed by atoms with E-state index in [9.17, 15) is 4.79 Å². The van der Waals surface area contributed by atoms with Crippen molar-refractivity contribution in [1.29, 1.82) is 0 Å². The van der Waals surface area contributed by atoms with E-state index in [1.165, 1.54) is 0 Å². The maximum Gasteiger partial charge on any atom is 0.249 e. The van der Waals surface area contributed by atoms with Crippen LogP contribution in [-0.2, 0) is 9.53 Å². The molecule has 0 aromatic carbocycles. The molecular formula is C13H26N2O2. The predicted molar refractivity (Wildman–Crippen MR) is 70.7 cm³/mol. The molecule has 0 saturated heterocycles. The summed E-state index contributed by atoms with van der Waals surface area (Å²) in [5.41, 5.74) is 5.43. The third-order valence-corrected chi connectivity index (χ3v) is 3.19. The van der Waals surface area contributed by atoms with Gasteiger partial charge in [-0.15, -0.1) is 6.58 Å². The number of amides is 1. The van der Waals surface area contributed by atoms with Crippen molar-refractivity contribution in [3.63, 3.8) is 0 Å². The molecular weight excluding hydrogens is 216 g/mol. The Kier molecular flexibility index (Phi) is 7.83. The van der Waals surface area contributed by atoms with Crippen LogP contribution in [0, 0.1) is 0 Å². The lowest BCUT2D eigenvalue weighted by Crippen LogP contribution is -2.55. The number of carbonyl (C=O) groups excluding carboxylic acids is 1. The Balaban J connectivity index is 4.25. The van der Waals surface area contributed by atoms with Crippen LogP contribution in [0.5, 0.6) is 0 Å². The fourth-order valence-electron chi connectivity index (χ4n) is 1.53. The Morgan fingerprint density at radius 2 is 2.12 bits per heavy atom. The van der Waals surface area contributed by atoms with Gasteiger partial charge in [0.1, 0.15) is 6.10 Å². The van der Waals surface area contributed by atoms with Gasteiger partial charge in [0.25, 0.3) is 0 Å². The molecule has 4 heteroatoms. The van der Waals surface area contributed by atoms with E-state index in [1.807, 2.05) is 13.8 Å². The van der Waals surface area contributed by atoms with Gasteiger partial charge in [0.2, 0.25) is 5.91 Å². The summed E-state index contributed by atoms with van der Waals surface area (Å²) >= 11 is 0. The largest absolute Gasteiger partial charge is 0.368 e. The lowest BCUT2D eigenvalue weighted by atomic mass is 9.92. The summed E-state index contributed by atoms with van der Waals surface area (Å²) in [5, 5.41) is 2.99. The van der Waals surface area contributed by atoms with Crippen molar-refractivity contribution >= 4 is 5.91 Å². The van der Waals surface area contributed by atoms with Gasteiger partial charge < -0.3 is 15.8 Å². The van der Waals surface area contributed by atoms with Gasteiger partial charge in [0.15, 0.2) is 0 Å². The zero-order valence-corrected chi connectivity index (χ0v) is 11.3. The van der Waals surface area contributed by atoms with Crippen molar-refractivity contribution in [2.24, 2.45) is 5.73 Å². The van der Waals surface area contributed by atoms with Crippen LogP contribution in [-0.4, -0.2) is 30.7 Å². The third kappa shape index (κ3) is 5.33.